The van der Waals surface area contributed by atoms with Gasteiger partial charge in [-0.1, -0.05) is 41.4 Å². The number of para-hydroxylation sites is 1. The first-order valence-electron chi connectivity index (χ1n) is 6.28. The van der Waals surface area contributed by atoms with E-state index in [0.29, 0.717) is 15.6 Å². The van der Waals surface area contributed by atoms with Crippen molar-refractivity contribution in [1.29, 1.82) is 0 Å². The van der Waals surface area contributed by atoms with Gasteiger partial charge in [-0.25, -0.2) is 0 Å². The third-order valence-electron chi connectivity index (χ3n) is 3.30. The van der Waals surface area contributed by atoms with Crippen LogP contribution in [0, 0.1) is 0 Å². The molecule has 0 spiro atoms. The first-order valence-corrected chi connectivity index (χ1v) is 7.83. The van der Waals surface area contributed by atoms with Crippen LogP contribution in [-0.4, -0.2) is 10.4 Å². The van der Waals surface area contributed by atoms with E-state index in [1.165, 1.54) is 0 Å². The molecule has 0 bridgehead atoms. The summed E-state index contributed by atoms with van der Waals surface area (Å²) in [7, 11) is 0. The second kappa shape index (κ2) is 5.84. The van der Waals surface area contributed by atoms with Gasteiger partial charge >= 0.3 is 0 Å². The van der Waals surface area contributed by atoms with Crippen molar-refractivity contribution in [3.63, 3.8) is 0 Å². The minimum Gasteiger partial charge on any atom is -0.338 e. The SMILES string of the molecule is O=C(Cn1cc(Br)c2ccccc21)c1ccc(Cl)c(Cl)c1. The maximum atomic E-state index is 12.4. The molecule has 1 aromatic heterocycles. The molecule has 0 amide bonds. The molecule has 0 atom stereocenters. The Morgan fingerprint density at radius 3 is 2.62 bits per heavy atom. The molecule has 1 heterocycles. The van der Waals surface area contributed by atoms with Gasteiger partial charge in [0.15, 0.2) is 5.78 Å². The maximum Gasteiger partial charge on any atom is 0.182 e. The van der Waals surface area contributed by atoms with E-state index in [-0.39, 0.29) is 12.3 Å². The first-order chi connectivity index (χ1) is 10.1. The number of aromatic nitrogens is 1. The van der Waals surface area contributed by atoms with Crippen molar-refractivity contribution in [1.82, 2.24) is 4.57 Å². The molecule has 0 aliphatic carbocycles. The monoisotopic (exact) mass is 381 g/mol. The normalized spacial score (nSPS) is 11.0. The molecule has 0 aliphatic heterocycles. The highest BCUT2D eigenvalue weighted by Crippen LogP contribution is 2.27. The molecule has 106 valence electrons. The molecule has 0 radical (unpaired) electrons. The van der Waals surface area contributed by atoms with E-state index < -0.39 is 0 Å². The fraction of sp³-hybridized carbons (Fsp3) is 0.0625. The minimum absolute atomic E-state index is 0.0122. The van der Waals surface area contributed by atoms with Gasteiger partial charge in [-0.2, -0.15) is 0 Å². The number of carbonyl (C=O) groups is 1. The summed E-state index contributed by atoms with van der Waals surface area (Å²) >= 11 is 15.3. The number of carbonyl (C=O) groups excluding carboxylic acids is 1. The zero-order valence-corrected chi connectivity index (χ0v) is 13.9. The summed E-state index contributed by atoms with van der Waals surface area (Å²) in [5, 5.41) is 1.92. The number of hydrogen-bond acceptors (Lipinski definition) is 1. The van der Waals surface area contributed by atoms with E-state index in [0.717, 1.165) is 15.4 Å². The zero-order chi connectivity index (χ0) is 15.0. The van der Waals surface area contributed by atoms with E-state index >= 15 is 0 Å². The first kappa shape index (κ1) is 14.6. The summed E-state index contributed by atoms with van der Waals surface area (Å²) in [4.78, 5) is 12.4. The molecule has 3 rings (SSSR count). The maximum absolute atomic E-state index is 12.4. The number of halogens is 3. The van der Waals surface area contributed by atoms with Gasteiger partial charge < -0.3 is 4.57 Å². The van der Waals surface area contributed by atoms with E-state index in [4.69, 9.17) is 23.2 Å². The lowest BCUT2D eigenvalue weighted by atomic mass is 10.1. The Bertz CT molecular complexity index is 841. The van der Waals surface area contributed by atoms with Gasteiger partial charge in [0.25, 0.3) is 0 Å². The van der Waals surface area contributed by atoms with Crippen molar-refractivity contribution < 1.29 is 4.79 Å². The standard InChI is InChI=1S/C16H10BrCl2NO/c17-12-8-20(15-4-2-1-3-11(12)15)9-16(21)10-5-6-13(18)14(19)7-10/h1-8H,9H2. The van der Waals surface area contributed by atoms with Crippen LogP contribution in [0.4, 0.5) is 0 Å². The molecular formula is C16H10BrCl2NO. The lowest BCUT2D eigenvalue weighted by Gasteiger charge is -2.06. The zero-order valence-electron chi connectivity index (χ0n) is 10.8. The molecule has 3 aromatic rings. The van der Waals surface area contributed by atoms with Crippen LogP contribution in [0.2, 0.25) is 10.0 Å². The fourth-order valence-electron chi connectivity index (χ4n) is 2.25. The highest BCUT2D eigenvalue weighted by atomic mass is 79.9. The number of ketones is 1. The van der Waals surface area contributed by atoms with Crippen LogP contribution in [0.15, 0.2) is 53.1 Å². The average molecular weight is 383 g/mol. The Morgan fingerprint density at radius 1 is 1.10 bits per heavy atom. The number of rotatable bonds is 3. The van der Waals surface area contributed by atoms with E-state index in [9.17, 15) is 4.79 Å². The summed E-state index contributed by atoms with van der Waals surface area (Å²) in [6.45, 7) is 0.254. The smallest absolute Gasteiger partial charge is 0.182 e. The molecule has 2 aromatic carbocycles. The van der Waals surface area contributed by atoms with Crippen molar-refractivity contribution in [2.75, 3.05) is 0 Å². The fourth-order valence-corrected chi connectivity index (χ4v) is 3.13. The third-order valence-corrected chi connectivity index (χ3v) is 4.67. The molecule has 0 saturated carbocycles. The van der Waals surface area contributed by atoms with Crippen LogP contribution < -0.4 is 0 Å². The molecule has 0 N–H and O–H groups in total. The lowest BCUT2D eigenvalue weighted by molar-refractivity contribution is 0.0973. The van der Waals surface area contributed by atoms with Crippen molar-refractivity contribution >= 4 is 55.8 Å². The molecule has 0 aliphatic rings. The van der Waals surface area contributed by atoms with Crippen LogP contribution in [0.5, 0.6) is 0 Å². The lowest BCUT2D eigenvalue weighted by Crippen LogP contribution is -2.09. The van der Waals surface area contributed by atoms with E-state index in [2.05, 4.69) is 15.9 Å². The van der Waals surface area contributed by atoms with Crippen molar-refractivity contribution in [3.8, 4) is 0 Å². The predicted octanol–water partition coefficient (Wildman–Crippen LogP) is 5.59. The number of Topliss-reactive ketones (excluding diaryl/α,β-unsaturated/α-hetero) is 1. The van der Waals surface area contributed by atoms with Crippen molar-refractivity contribution in [2.45, 2.75) is 6.54 Å². The number of nitrogens with zero attached hydrogens (tertiary/aromatic N) is 1. The van der Waals surface area contributed by atoms with Crippen molar-refractivity contribution in [2.24, 2.45) is 0 Å². The van der Waals surface area contributed by atoms with Crippen LogP contribution in [0.1, 0.15) is 10.4 Å². The highest BCUT2D eigenvalue weighted by molar-refractivity contribution is 9.10. The molecule has 21 heavy (non-hydrogen) atoms. The number of fused-ring (bicyclic) bond motifs is 1. The summed E-state index contributed by atoms with van der Waals surface area (Å²) in [5.74, 6) is -0.0122. The summed E-state index contributed by atoms with van der Waals surface area (Å²) in [6, 6.07) is 12.9. The summed E-state index contributed by atoms with van der Waals surface area (Å²) in [5.41, 5.74) is 1.57. The quantitative estimate of drug-likeness (QED) is 0.541. The van der Waals surface area contributed by atoms with Gasteiger partial charge in [0, 0.05) is 27.1 Å². The highest BCUT2D eigenvalue weighted by Gasteiger charge is 2.12. The average Bonchev–Trinajstić information content (AvgIpc) is 2.79. The Balaban J connectivity index is 1.94. The second-order valence-corrected chi connectivity index (χ2v) is 6.34. The van der Waals surface area contributed by atoms with Crippen LogP contribution in [0.25, 0.3) is 10.9 Å². The second-order valence-electron chi connectivity index (χ2n) is 4.67. The third kappa shape index (κ3) is 2.86. The van der Waals surface area contributed by atoms with Crippen molar-refractivity contribution in [3.05, 3.63) is 68.7 Å². The van der Waals surface area contributed by atoms with E-state index in [1.807, 2.05) is 35.0 Å². The van der Waals surface area contributed by atoms with Crippen LogP contribution >= 0.6 is 39.1 Å². The Labute approximate surface area is 140 Å². The summed E-state index contributed by atoms with van der Waals surface area (Å²) in [6.07, 6.45) is 1.92. The van der Waals surface area contributed by atoms with Gasteiger partial charge in [0.05, 0.1) is 16.6 Å². The molecule has 5 heteroatoms. The van der Waals surface area contributed by atoms with Crippen LogP contribution in [0.3, 0.4) is 0 Å². The molecule has 0 fully saturated rings. The largest absolute Gasteiger partial charge is 0.338 e. The van der Waals surface area contributed by atoms with E-state index in [1.54, 1.807) is 18.2 Å². The molecule has 2 nitrogen and oxygen atoms in total. The van der Waals surface area contributed by atoms with Gasteiger partial charge in [-0.15, -0.1) is 0 Å². The number of hydrogen-bond donors (Lipinski definition) is 0. The molecule has 0 saturated heterocycles. The Morgan fingerprint density at radius 2 is 1.86 bits per heavy atom. The number of benzene rings is 2. The van der Waals surface area contributed by atoms with Crippen LogP contribution in [-0.2, 0) is 6.54 Å². The predicted molar refractivity (Wildman–Crippen MR) is 90.4 cm³/mol. The molecular weight excluding hydrogens is 373 g/mol. The van der Waals surface area contributed by atoms with Gasteiger partial charge in [-0.05, 0) is 40.2 Å². The van der Waals surface area contributed by atoms with Gasteiger partial charge in [-0.3, -0.25) is 4.79 Å². The topological polar surface area (TPSA) is 22.0 Å². The summed E-state index contributed by atoms with van der Waals surface area (Å²) < 4.78 is 2.89. The minimum atomic E-state index is -0.0122. The van der Waals surface area contributed by atoms with Gasteiger partial charge in [0.1, 0.15) is 0 Å². The molecule has 0 unspecified atom stereocenters. The van der Waals surface area contributed by atoms with Gasteiger partial charge in [0.2, 0.25) is 0 Å². The Hall–Kier alpha value is -1.29. The Kier molecular flexibility index (Phi) is 4.07.